The number of nitrogens with two attached hydrogens (primary N) is 2. The highest BCUT2D eigenvalue weighted by atomic mass is 33.2. The van der Waals surface area contributed by atoms with Crippen LogP contribution >= 0.6 is 66.8 Å². The lowest BCUT2D eigenvalue weighted by Crippen LogP contribution is -2.46. The normalized spacial score (nSPS) is 23.2. The van der Waals surface area contributed by atoms with Gasteiger partial charge in [0.15, 0.2) is 35.4 Å². The average Bonchev–Trinajstić information content (AvgIpc) is 1.62. The maximum Gasteiger partial charge on any atom is 0.481 e. The molecule has 0 radical (unpaired) electrons. The number of hydrogen-bond acceptors (Lipinski definition) is 36. The Morgan fingerprint density at radius 3 is 1.18 bits per heavy atom. The van der Waals surface area contributed by atoms with Crippen LogP contribution in [0.1, 0.15) is 53.0 Å². The van der Waals surface area contributed by atoms with Crippen LogP contribution in [0.25, 0.3) is 22.3 Å². The lowest BCUT2D eigenvalue weighted by atomic mass is 9.87. The summed E-state index contributed by atoms with van der Waals surface area (Å²) in [5.74, 6) is -9.92. The Morgan fingerprint density at radius 2 is 0.858 bits per heavy atom. The van der Waals surface area contributed by atoms with E-state index in [-0.39, 0.29) is 34.0 Å². The number of nitrogens with one attached hydrogen (secondary N) is 4. The molecule has 6 rings (SSSR count). The number of nitrogens with zero attached hydrogens (tertiary/aromatic N) is 8. The van der Waals surface area contributed by atoms with Gasteiger partial charge in [0.25, 0.3) is 10.2 Å². The molecule has 4 amide bonds. The van der Waals surface area contributed by atoms with Crippen molar-refractivity contribution >= 4 is 147 Å². The van der Waals surface area contributed by atoms with Crippen LogP contribution in [0.3, 0.4) is 0 Å². The standard InChI is InChI=1S/C46H74N14O38P6S2/c1-45(2,15-91-103(85,86)97-101(81,82)89-13-21-29(95-99(75,76)77)27(63)39(93-21)59-19-57-25-33(47)53-17-55-35(25)59)31(65)37(67)51-7-5-23(61)49-9-11-105(43(73)41(69)70)106(44(74)42(71)72)12-10-50-24(62)6-8-52-38(68)32(66)46(3,4)16-92-104(87,88)98-102(83,84)90-14-22-30(96-100(78,79)80)28(64)40(94-22)60-20-58-26-34(48)54-18-56-36(26)60/h17-22,27-32,39-40,63-66,105-106H,5-16H2,1-4H3,(H,49,61)(H,50,62)(H,51,67)(H,52,68)(H,69,70)(H,71,72)(H,81,82)(H,83,84)(H,85,86)(H,87,88)(H2,47,53,55)(H2,48,54,56)(H2,75,76,77)(H2,78,79,80)/t21-,22-,27-,28-,29-,30-,31?,32?,39-,40-/m1/s1. The van der Waals surface area contributed by atoms with Crippen LogP contribution in [0.2, 0.25) is 0 Å². The molecule has 4 aromatic rings. The molecule has 0 bridgehead atoms. The van der Waals surface area contributed by atoms with E-state index in [2.05, 4.69) is 68.8 Å². The number of anilines is 2. The van der Waals surface area contributed by atoms with Gasteiger partial charge in [-0.3, -0.25) is 65.0 Å². The number of rotatable bonds is 38. The minimum absolute atomic E-state index is 0.0133. The zero-order valence-electron chi connectivity index (χ0n) is 54.9. The first kappa shape index (κ1) is 89.0. The summed E-state index contributed by atoms with van der Waals surface area (Å²) in [6.07, 6.45) is -16.3. The molecular formula is C46H74N14O38P6S2. The molecule has 2 saturated heterocycles. The Kier molecular flexibility index (Phi) is 30.4. The van der Waals surface area contributed by atoms with Crippen molar-refractivity contribution in [2.45, 2.75) is 102 Å². The molecule has 4 aromatic heterocycles. The minimum atomic E-state index is -5.75. The number of carbonyl (C=O) groups excluding carboxylic acids is 6. The monoisotopic (exact) mass is 1680 g/mol. The highest BCUT2D eigenvalue weighted by molar-refractivity contribution is 9.03. The molecule has 2 fully saturated rings. The molecule has 0 aromatic carbocycles. The molecule has 6 heterocycles. The molecule has 2 aliphatic rings. The molecular weight excluding hydrogens is 1610 g/mol. The fourth-order valence-electron chi connectivity index (χ4n) is 9.37. The zero-order chi connectivity index (χ0) is 79.6. The van der Waals surface area contributed by atoms with Crippen molar-refractivity contribution in [1.29, 1.82) is 0 Å². The minimum Gasteiger partial charge on any atom is -0.475 e. The summed E-state index contributed by atoms with van der Waals surface area (Å²) in [6, 6.07) is 0. The maximum absolute atomic E-state index is 12.9. The largest absolute Gasteiger partial charge is 0.481 e. The molecule has 16 atom stereocenters. The number of carbonyl (C=O) groups is 8. The van der Waals surface area contributed by atoms with Crippen LogP contribution in [0.4, 0.5) is 11.6 Å². The van der Waals surface area contributed by atoms with Crippen molar-refractivity contribution in [3.63, 3.8) is 0 Å². The van der Waals surface area contributed by atoms with Gasteiger partial charge in [-0.2, -0.15) is 8.62 Å². The summed E-state index contributed by atoms with van der Waals surface area (Å²) in [5, 5.41) is 68.5. The Labute approximate surface area is 598 Å². The number of carboxylic acid groups (broad SMARTS) is 2. The molecule has 2 aliphatic heterocycles. The predicted octanol–water partition coefficient (Wildman–Crippen LogP) is -5.04. The Morgan fingerprint density at radius 1 is 0.528 bits per heavy atom. The first-order chi connectivity index (χ1) is 48.9. The van der Waals surface area contributed by atoms with Gasteiger partial charge < -0.3 is 112 Å². The number of aliphatic hydroxyl groups excluding tert-OH is 4. The van der Waals surface area contributed by atoms with Crippen LogP contribution in [0.5, 0.6) is 0 Å². The van der Waals surface area contributed by atoms with Crippen LogP contribution in [0.15, 0.2) is 25.3 Å². The number of carboxylic acids is 2. The van der Waals surface area contributed by atoms with Crippen LogP contribution in [-0.4, -0.2) is 268 Å². The van der Waals surface area contributed by atoms with Crippen molar-refractivity contribution < 1.29 is 181 Å². The quantitative estimate of drug-likeness (QED) is 0.00864. The highest BCUT2D eigenvalue weighted by Crippen LogP contribution is 2.63. The van der Waals surface area contributed by atoms with E-state index in [1.165, 1.54) is 0 Å². The lowest BCUT2D eigenvalue weighted by molar-refractivity contribution is -0.145. The lowest BCUT2D eigenvalue weighted by Gasteiger charge is -2.30. The summed E-state index contributed by atoms with van der Waals surface area (Å²) in [4.78, 5) is 204. The summed E-state index contributed by atoms with van der Waals surface area (Å²) < 4.78 is 125. The molecule has 0 saturated carbocycles. The number of aliphatic hydroxyl groups is 4. The number of phosphoric ester groups is 6. The van der Waals surface area contributed by atoms with Gasteiger partial charge in [-0.15, -0.1) is 19.9 Å². The smallest absolute Gasteiger partial charge is 0.475 e. The second-order valence-corrected chi connectivity index (χ2v) is 38.3. The van der Waals surface area contributed by atoms with Gasteiger partial charge in [0.05, 0.1) is 39.1 Å². The topological polar surface area (TPSA) is 802 Å². The molecule has 598 valence electrons. The number of imidazole rings is 2. The molecule has 52 nitrogen and oxygen atoms in total. The average molecular weight is 1680 g/mol. The second-order valence-electron chi connectivity index (χ2n) is 23.6. The fraction of sp³-hybridized carbons (Fsp3) is 0.609. The van der Waals surface area contributed by atoms with E-state index in [0.29, 0.717) is 0 Å². The van der Waals surface area contributed by atoms with Crippen molar-refractivity contribution in [1.82, 2.24) is 60.3 Å². The Hall–Kier alpha value is -5.94. The summed E-state index contributed by atoms with van der Waals surface area (Å²) in [7, 11) is -39.3. The van der Waals surface area contributed by atoms with E-state index < -0.39 is 262 Å². The summed E-state index contributed by atoms with van der Waals surface area (Å²) in [6.45, 7) is -2.54. The summed E-state index contributed by atoms with van der Waals surface area (Å²) >= 11 is 0. The van der Waals surface area contributed by atoms with E-state index in [1.807, 2.05) is 0 Å². The number of hydrogen-bond donors (Lipinski definition) is 22. The van der Waals surface area contributed by atoms with Crippen molar-refractivity contribution in [2.75, 3.05) is 75.6 Å². The number of phosphoric acid groups is 6. The fourth-order valence-corrected chi connectivity index (χ4v) is 21.3. The van der Waals surface area contributed by atoms with Gasteiger partial charge in [-0.1, -0.05) is 27.7 Å². The van der Waals surface area contributed by atoms with E-state index in [4.69, 9.17) is 39.0 Å². The number of fused-ring (bicyclic) bond motifs is 2. The van der Waals surface area contributed by atoms with Gasteiger partial charge >= 0.3 is 58.9 Å². The number of nitrogen functional groups attached to an aromatic ring is 2. The van der Waals surface area contributed by atoms with E-state index in [1.54, 1.807) is 0 Å². The highest BCUT2D eigenvalue weighted by Gasteiger charge is 2.53. The van der Waals surface area contributed by atoms with Gasteiger partial charge in [0.2, 0.25) is 23.6 Å². The SMILES string of the molecule is CC(C)(COP(=O)(O)OP(=O)(O)OC[C@H]1O[C@@H](n2cnc3c(N)ncnc32)[C@H](O)[C@@H]1OP(=O)(O)O)C(O)C(=O)NCCC(=O)NCC[SH](C(=O)C(=O)O)[SH](CCNC(=O)CCNC(=O)C(O)C(C)(C)COP(=O)(O)OP(=O)(O)OC[C@H]1O[C@@H](n2cnc3c(N)ncnc32)[C@H](O)[C@@H]1OP(=O)(O)O)C(=O)C(=O)O. The van der Waals surface area contributed by atoms with E-state index >= 15 is 0 Å². The van der Waals surface area contributed by atoms with E-state index in [0.717, 1.165) is 62.1 Å². The number of ether oxygens (including phenoxy) is 2. The number of aliphatic carboxylic acids is 2. The molecule has 0 aliphatic carbocycles. The number of thiol groups is 2. The number of amides is 4. The predicted molar refractivity (Wildman–Crippen MR) is 352 cm³/mol. The van der Waals surface area contributed by atoms with Crippen molar-refractivity contribution in [3.05, 3.63) is 25.3 Å². The molecule has 0 spiro atoms. The first-order valence-corrected chi connectivity index (χ1v) is 42.5. The maximum atomic E-state index is 12.9. The molecule has 8 unspecified atom stereocenters. The molecule has 60 heteroatoms. The van der Waals surface area contributed by atoms with Crippen molar-refractivity contribution in [2.24, 2.45) is 10.8 Å². The molecule has 106 heavy (non-hydrogen) atoms. The Bertz CT molecular complexity index is 3950. The zero-order valence-corrected chi connectivity index (χ0v) is 62.1. The van der Waals surface area contributed by atoms with Crippen LogP contribution < -0.4 is 32.7 Å². The number of aromatic nitrogens is 8. The third-order valence-corrected chi connectivity index (χ3v) is 28.0. The van der Waals surface area contributed by atoms with Gasteiger partial charge in [-0.25, -0.2) is 66.9 Å². The van der Waals surface area contributed by atoms with Crippen molar-refractivity contribution in [3.8, 4) is 0 Å². The van der Waals surface area contributed by atoms with Gasteiger partial charge in [0, 0.05) is 61.4 Å². The van der Waals surface area contributed by atoms with Crippen LogP contribution in [-0.2, 0) is 111 Å². The van der Waals surface area contributed by atoms with E-state index in [9.17, 15) is 136 Å². The first-order valence-electron chi connectivity index (χ1n) is 29.7. The second kappa shape index (κ2) is 36.3. The third-order valence-electron chi connectivity index (χ3n) is 14.6. The third kappa shape index (κ3) is 25.0. The van der Waals surface area contributed by atoms with Crippen LogP contribution in [0, 0.1) is 10.8 Å². The molecule has 22 N–H and O–H groups in total. The van der Waals surface area contributed by atoms with Gasteiger partial charge in [0.1, 0.15) is 72.5 Å². The Balaban J connectivity index is 0.905. The summed E-state index contributed by atoms with van der Waals surface area (Å²) in [5.41, 5.74) is 7.76. The van der Waals surface area contributed by atoms with Gasteiger partial charge in [-0.05, 0) is 0 Å².